The van der Waals surface area contributed by atoms with Crippen LogP contribution in [0.15, 0.2) is 0 Å². The summed E-state index contributed by atoms with van der Waals surface area (Å²) < 4.78 is 0. The van der Waals surface area contributed by atoms with Crippen molar-refractivity contribution in [3.05, 3.63) is 0 Å². The highest BCUT2D eigenvalue weighted by molar-refractivity contribution is 5.14. The van der Waals surface area contributed by atoms with E-state index in [2.05, 4.69) is 27.7 Å². The Balaban J connectivity index is 1.70. The van der Waals surface area contributed by atoms with Gasteiger partial charge in [0.15, 0.2) is 0 Å². The van der Waals surface area contributed by atoms with Crippen LogP contribution in [0.25, 0.3) is 0 Å². The van der Waals surface area contributed by atoms with Crippen molar-refractivity contribution in [3.63, 3.8) is 0 Å². The van der Waals surface area contributed by atoms with E-state index in [4.69, 9.17) is 0 Å². The SMILES string of the molecule is CC(C)C1CC[C@H]2C3[C@H](O)CC4C[C@H](O)CC[C@]4(C)[C@H]3C[C@H](O)C12C. The van der Waals surface area contributed by atoms with Crippen molar-refractivity contribution in [1.29, 1.82) is 0 Å². The predicted molar refractivity (Wildman–Crippen MR) is 98.8 cm³/mol. The fourth-order valence-corrected chi connectivity index (χ4v) is 8.29. The normalized spacial score (nSPS) is 58.6. The third-order valence-electron chi connectivity index (χ3n) is 9.64. The number of rotatable bonds is 1. The Morgan fingerprint density at radius 2 is 1.60 bits per heavy atom. The average Bonchev–Trinajstić information content (AvgIpc) is 2.89. The number of aliphatic hydroxyl groups excluding tert-OH is 3. The van der Waals surface area contributed by atoms with Crippen LogP contribution in [0.3, 0.4) is 0 Å². The van der Waals surface area contributed by atoms with E-state index in [0.717, 1.165) is 38.5 Å². The van der Waals surface area contributed by atoms with E-state index in [1.54, 1.807) is 0 Å². The van der Waals surface area contributed by atoms with Crippen molar-refractivity contribution in [1.82, 2.24) is 0 Å². The molecule has 4 unspecified atom stereocenters. The van der Waals surface area contributed by atoms with Crippen molar-refractivity contribution in [2.24, 2.45) is 46.3 Å². The zero-order valence-corrected chi connectivity index (χ0v) is 16.5. The first kappa shape index (κ1) is 18.3. The molecule has 4 fully saturated rings. The van der Waals surface area contributed by atoms with Gasteiger partial charge in [-0.1, -0.05) is 27.7 Å². The lowest BCUT2D eigenvalue weighted by molar-refractivity contribution is -0.206. The van der Waals surface area contributed by atoms with E-state index in [0.29, 0.717) is 35.5 Å². The minimum absolute atomic E-state index is 0.0340. The van der Waals surface area contributed by atoms with Gasteiger partial charge in [-0.3, -0.25) is 0 Å². The average molecular weight is 351 g/mol. The smallest absolute Gasteiger partial charge is 0.0602 e. The van der Waals surface area contributed by atoms with Crippen LogP contribution in [0.2, 0.25) is 0 Å². The fourth-order valence-electron chi connectivity index (χ4n) is 8.29. The number of hydrogen-bond acceptors (Lipinski definition) is 3. The monoisotopic (exact) mass is 350 g/mol. The predicted octanol–water partition coefficient (Wildman–Crippen LogP) is 3.60. The standard InChI is InChI=1S/C22H38O3/c1-12(2)15-5-6-16-20-17(11-19(25)22(15,16)4)21(3)8-7-14(23)9-13(21)10-18(20)24/h12-20,23-25H,5-11H2,1-4H3/t13?,14-,15?,16+,17+,18-,19+,20?,21+,22?/m1/s1. The highest BCUT2D eigenvalue weighted by Crippen LogP contribution is 2.68. The first-order valence-electron chi connectivity index (χ1n) is 10.7. The molecular formula is C22H38O3. The Hall–Kier alpha value is -0.120. The molecule has 3 nitrogen and oxygen atoms in total. The molecule has 0 spiro atoms. The van der Waals surface area contributed by atoms with Gasteiger partial charge in [0.2, 0.25) is 0 Å². The van der Waals surface area contributed by atoms with Crippen molar-refractivity contribution in [3.8, 4) is 0 Å². The summed E-state index contributed by atoms with van der Waals surface area (Å²) in [5.41, 5.74) is 0.148. The van der Waals surface area contributed by atoms with Crippen LogP contribution in [-0.2, 0) is 0 Å². The Morgan fingerprint density at radius 3 is 2.28 bits per heavy atom. The van der Waals surface area contributed by atoms with Crippen molar-refractivity contribution in [2.45, 2.75) is 91.0 Å². The van der Waals surface area contributed by atoms with E-state index in [1.807, 2.05) is 0 Å². The van der Waals surface area contributed by atoms with Gasteiger partial charge < -0.3 is 15.3 Å². The van der Waals surface area contributed by atoms with Crippen LogP contribution in [-0.4, -0.2) is 33.6 Å². The van der Waals surface area contributed by atoms with Gasteiger partial charge >= 0.3 is 0 Å². The second-order valence-electron chi connectivity index (χ2n) is 10.8. The number of fused-ring (bicyclic) bond motifs is 5. The molecule has 0 aromatic heterocycles. The molecule has 4 saturated carbocycles. The van der Waals surface area contributed by atoms with Gasteiger partial charge in [-0.2, -0.15) is 0 Å². The summed E-state index contributed by atoms with van der Waals surface area (Å²) in [5, 5.41) is 32.6. The minimum atomic E-state index is -0.254. The zero-order chi connectivity index (χ0) is 18.1. The summed E-state index contributed by atoms with van der Waals surface area (Å²) in [6.07, 6.45) is 6.14. The van der Waals surface area contributed by atoms with Crippen LogP contribution in [0.1, 0.15) is 72.6 Å². The second kappa shape index (κ2) is 5.94. The molecule has 4 rings (SSSR count). The first-order valence-corrected chi connectivity index (χ1v) is 10.7. The summed E-state index contributed by atoms with van der Waals surface area (Å²) in [7, 11) is 0. The Morgan fingerprint density at radius 1 is 0.880 bits per heavy atom. The lowest BCUT2D eigenvalue weighted by atomic mass is 9.43. The lowest BCUT2D eigenvalue weighted by Gasteiger charge is -2.63. The Labute approximate surface area is 153 Å². The maximum absolute atomic E-state index is 11.3. The van der Waals surface area contributed by atoms with Gasteiger partial charge in [0.1, 0.15) is 0 Å². The van der Waals surface area contributed by atoms with Gasteiger partial charge in [-0.25, -0.2) is 0 Å². The number of hydrogen-bond donors (Lipinski definition) is 3. The molecule has 25 heavy (non-hydrogen) atoms. The van der Waals surface area contributed by atoms with E-state index < -0.39 is 0 Å². The highest BCUT2D eigenvalue weighted by Gasteiger charge is 2.65. The van der Waals surface area contributed by atoms with E-state index in [-0.39, 0.29) is 29.1 Å². The summed E-state index contributed by atoms with van der Waals surface area (Å²) in [6.45, 7) is 9.32. The summed E-state index contributed by atoms with van der Waals surface area (Å²) >= 11 is 0. The van der Waals surface area contributed by atoms with Crippen LogP contribution in [0.4, 0.5) is 0 Å². The van der Waals surface area contributed by atoms with E-state index >= 15 is 0 Å². The number of aliphatic hydroxyl groups is 3. The molecule has 0 saturated heterocycles. The second-order valence-corrected chi connectivity index (χ2v) is 10.8. The molecule has 0 aromatic rings. The third kappa shape index (κ3) is 2.41. The summed E-state index contributed by atoms with van der Waals surface area (Å²) in [6, 6.07) is 0. The molecule has 3 heteroatoms. The molecular weight excluding hydrogens is 312 g/mol. The molecule has 0 aliphatic heterocycles. The molecule has 4 aliphatic carbocycles. The Kier molecular flexibility index (Phi) is 4.34. The molecule has 0 heterocycles. The van der Waals surface area contributed by atoms with Crippen LogP contribution < -0.4 is 0 Å². The van der Waals surface area contributed by atoms with E-state index in [9.17, 15) is 15.3 Å². The first-order chi connectivity index (χ1) is 11.7. The molecule has 10 atom stereocenters. The van der Waals surface area contributed by atoms with Crippen molar-refractivity contribution in [2.75, 3.05) is 0 Å². The summed E-state index contributed by atoms with van der Waals surface area (Å²) in [5.74, 6) is 2.77. The van der Waals surface area contributed by atoms with Crippen LogP contribution in [0, 0.1) is 46.3 Å². The van der Waals surface area contributed by atoms with Gasteiger partial charge in [-0.05, 0) is 91.3 Å². The Bertz CT molecular complexity index is 519. The minimum Gasteiger partial charge on any atom is -0.393 e. The highest BCUT2D eigenvalue weighted by atomic mass is 16.3. The summed E-state index contributed by atoms with van der Waals surface area (Å²) in [4.78, 5) is 0. The largest absolute Gasteiger partial charge is 0.393 e. The molecule has 0 amide bonds. The molecule has 4 aliphatic rings. The zero-order valence-electron chi connectivity index (χ0n) is 16.5. The van der Waals surface area contributed by atoms with Gasteiger partial charge in [-0.15, -0.1) is 0 Å². The third-order valence-corrected chi connectivity index (χ3v) is 9.64. The van der Waals surface area contributed by atoms with E-state index in [1.165, 1.54) is 6.42 Å². The van der Waals surface area contributed by atoms with Gasteiger partial charge in [0, 0.05) is 0 Å². The van der Waals surface area contributed by atoms with Crippen LogP contribution >= 0.6 is 0 Å². The topological polar surface area (TPSA) is 60.7 Å². The molecule has 3 N–H and O–H groups in total. The lowest BCUT2D eigenvalue weighted by Crippen LogP contribution is -2.62. The van der Waals surface area contributed by atoms with Gasteiger partial charge in [0.05, 0.1) is 18.3 Å². The van der Waals surface area contributed by atoms with Crippen molar-refractivity contribution < 1.29 is 15.3 Å². The molecule has 144 valence electrons. The van der Waals surface area contributed by atoms with Crippen molar-refractivity contribution >= 4 is 0 Å². The van der Waals surface area contributed by atoms with Crippen LogP contribution in [0.5, 0.6) is 0 Å². The quantitative estimate of drug-likeness (QED) is 0.677. The fraction of sp³-hybridized carbons (Fsp3) is 1.00. The van der Waals surface area contributed by atoms with Gasteiger partial charge in [0.25, 0.3) is 0 Å². The maximum atomic E-state index is 11.3. The molecule has 0 bridgehead atoms. The maximum Gasteiger partial charge on any atom is 0.0602 e. The molecule has 0 aromatic carbocycles. The molecule has 0 radical (unpaired) electrons.